The molecule has 28 heavy (non-hydrogen) atoms. The lowest BCUT2D eigenvalue weighted by atomic mass is 10.0. The van der Waals surface area contributed by atoms with Crippen LogP contribution >= 0.6 is 11.3 Å². The molecule has 0 radical (unpaired) electrons. The zero-order chi connectivity index (χ0) is 19.3. The van der Waals surface area contributed by atoms with Gasteiger partial charge in [0.2, 0.25) is 5.91 Å². The Morgan fingerprint density at radius 2 is 1.64 bits per heavy atom. The second-order valence-electron chi connectivity index (χ2n) is 6.71. The summed E-state index contributed by atoms with van der Waals surface area (Å²) in [6.45, 7) is 0.468. The van der Waals surface area contributed by atoms with Crippen LogP contribution in [0.4, 0.5) is 0 Å². The van der Waals surface area contributed by atoms with Crippen LogP contribution in [0.3, 0.4) is 0 Å². The van der Waals surface area contributed by atoms with Gasteiger partial charge in [0.25, 0.3) is 0 Å². The number of thiophene rings is 1. The van der Waals surface area contributed by atoms with E-state index in [1.807, 2.05) is 66.7 Å². The number of aliphatic hydroxyl groups excluding tert-OH is 1. The third kappa shape index (κ3) is 4.14. The molecule has 0 aliphatic carbocycles. The fourth-order valence-electron chi connectivity index (χ4n) is 3.30. The first kappa shape index (κ1) is 18.4. The van der Waals surface area contributed by atoms with E-state index < -0.39 is 6.10 Å². The summed E-state index contributed by atoms with van der Waals surface area (Å²) in [6.07, 6.45) is -0.280. The van der Waals surface area contributed by atoms with Gasteiger partial charge in [-0.1, -0.05) is 72.8 Å². The monoisotopic (exact) mass is 387 g/mol. The van der Waals surface area contributed by atoms with Crippen LogP contribution in [-0.2, 0) is 17.8 Å². The number of fused-ring (bicyclic) bond motifs is 1. The van der Waals surface area contributed by atoms with Crippen LogP contribution in [0.25, 0.3) is 10.8 Å². The van der Waals surface area contributed by atoms with Crippen LogP contribution in [0, 0.1) is 0 Å². The molecule has 4 rings (SSSR count). The van der Waals surface area contributed by atoms with E-state index in [2.05, 4.69) is 23.5 Å². The predicted molar refractivity (Wildman–Crippen MR) is 114 cm³/mol. The van der Waals surface area contributed by atoms with Crippen molar-refractivity contribution in [3.63, 3.8) is 0 Å². The Labute approximate surface area is 168 Å². The predicted octanol–water partition coefficient (Wildman–Crippen LogP) is 4.84. The van der Waals surface area contributed by atoms with E-state index in [1.165, 1.54) is 11.3 Å². The SMILES string of the molecule is O=C(Cc1cccc2ccccc12)NCc1ccc(C(O)c2ccccc2)s1. The van der Waals surface area contributed by atoms with Crippen molar-refractivity contribution >= 4 is 28.0 Å². The molecular weight excluding hydrogens is 366 g/mol. The zero-order valence-corrected chi connectivity index (χ0v) is 16.2. The van der Waals surface area contributed by atoms with Gasteiger partial charge >= 0.3 is 0 Å². The van der Waals surface area contributed by atoms with Crippen LogP contribution in [0.5, 0.6) is 0 Å². The third-order valence-electron chi connectivity index (χ3n) is 4.76. The van der Waals surface area contributed by atoms with Gasteiger partial charge in [-0.2, -0.15) is 0 Å². The lowest BCUT2D eigenvalue weighted by molar-refractivity contribution is -0.120. The van der Waals surface area contributed by atoms with Crippen LogP contribution in [-0.4, -0.2) is 11.0 Å². The minimum absolute atomic E-state index is 0.00471. The molecule has 0 saturated heterocycles. The van der Waals surface area contributed by atoms with Gasteiger partial charge in [0, 0.05) is 9.75 Å². The zero-order valence-electron chi connectivity index (χ0n) is 15.3. The van der Waals surface area contributed by atoms with E-state index in [-0.39, 0.29) is 5.91 Å². The quantitative estimate of drug-likeness (QED) is 0.497. The first-order chi connectivity index (χ1) is 13.7. The van der Waals surface area contributed by atoms with E-state index in [0.717, 1.165) is 31.7 Å². The van der Waals surface area contributed by atoms with E-state index >= 15 is 0 Å². The van der Waals surface area contributed by atoms with Gasteiger partial charge in [0.05, 0.1) is 13.0 Å². The Morgan fingerprint density at radius 1 is 0.893 bits per heavy atom. The highest BCUT2D eigenvalue weighted by atomic mass is 32.1. The normalized spacial score (nSPS) is 12.0. The van der Waals surface area contributed by atoms with E-state index in [1.54, 1.807) is 0 Å². The standard InChI is InChI=1S/C24H21NO2S/c26-23(15-19-11-6-10-17-7-4-5-12-21(17)19)25-16-20-13-14-22(28-20)24(27)18-8-2-1-3-9-18/h1-14,24,27H,15-16H2,(H,25,26). The van der Waals surface area contributed by atoms with Gasteiger partial charge in [-0.3, -0.25) is 4.79 Å². The fourth-order valence-corrected chi connectivity index (χ4v) is 4.27. The number of nitrogens with one attached hydrogen (secondary N) is 1. The van der Waals surface area contributed by atoms with Gasteiger partial charge in [-0.05, 0) is 34.0 Å². The van der Waals surface area contributed by atoms with Crippen molar-refractivity contribution in [3.8, 4) is 0 Å². The van der Waals surface area contributed by atoms with Crippen LogP contribution in [0.2, 0.25) is 0 Å². The third-order valence-corrected chi connectivity index (χ3v) is 5.90. The summed E-state index contributed by atoms with van der Waals surface area (Å²) in [4.78, 5) is 14.3. The molecular formula is C24H21NO2S. The largest absolute Gasteiger partial charge is 0.383 e. The molecule has 2 N–H and O–H groups in total. The molecule has 1 amide bonds. The van der Waals surface area contributed by atoms with E-state index in [4.69, 9.17) is 0 Å². The highest BCUT2D eigenvalue weighted by Crippen LogP contribution is 2.28. The molecule has 0 saturated carbocycles. The van der Waals surface area contributed by atoms with Gasteiger partial charge in [0.1, 0.15) is 6.10 Å². The van der Waals surface area contributed by atoms with Crippen LogP contribution in [0.1, 0.15) is 27.0 Å². The minimum atomic E-state index is -0.633. The summed E-state index contributed by atoms with van der Waals surface area (Å²) < 4.78 is 0. The lowest BCUT2D eigenvalue weighted by Crippen LogP contribution is -2.24. The van der Waals surface area contributed by atoms with Crippen molar-refractivity contribution in [2.45, 2.75) is 19.1 Å². The van der Waals surface area contributed by atoms with E-state index in [0.29, 0.717) is 13.0 Å². The van der Waals surface area contributed by atoms with Crippen molar-refractivity contribution in [1.82, 2.24) is 5.32 Å². The highest BCUT2D eigenvalue weighted by molar-refractivity contribution is 7.12. The summed E-state index contributed by atoms with van der Waals surface area (Å²) in [6, 6.07) is 27.6. The van der Waals surface area contributed by atoms with Crippen molar-refractivity contribution in [2.24, 2.45) is 0 Å². The maximum atomic E-state index is 12.4. The summed E-state index contributed by atoms with van der Waals surface area (Å²) >= 11 is 1.52. The smallest absolute Gasteiger partial charge is 0.224 e. The average Bonchev–Trinajstić information content (AvgIpc) is 3.22. The molecule has 140 valence electrons. The number of amides is 1. The number of aliphatic hydroxyl groups is 1. The topological polar surface area (TPSA) is 49.3 Å². The van der Waals surface area contributed by atoms with Gasteiger partial charge in [0.15, 0.2) is 0 Å². The Bertz CT molecular complexity index is 1080. The summed E-state index contributed by atoms with van der Waals surface area (Å²) in [7, 11) is 0. The molecule has 0 aliphatic rings. The Morgan fingerprint density at radius 3 is 2.50 bits per heavy atom. The molecule has 0 aliphatic heterocycles. The molecule has 3 aromatic carbocycles. The highest BCUT2D eigenvalue weighted by Gasteiger charge is 2.13. The average molecular weight is 388 g/mol. The molecule has 4 aromatic rings. The van der Waals surface area contributed by atoms with Crippen LogP contribution < -0.4 is 5.32 Å². The number of carbonyl (C=O) groups is 1. The number of rotatable bonds is 6. The number of hydrogen-bond acceptors (Lipinski definition) is 3. The number of carbonyl (C=O) groups excluding carboxylic acids is 1. The first-order valence-electron chi connectivity index (χ1n) is 9.25. The van der Waals surface area contributed by atoms with Crippen molar-refractivity contribution in [1.29, 1.82) is 0 Å². The molecule has 3 nitrogen and oxygen atoms in total. The maximum Gasteiger partial charge on any atom is 0.224 e. The Hall–Kier alpha value is -2.95. The molecule has 0 spiro atoms. The lowest BCUT2D eigenvalue weighted by Gasteiger charge is -2.08. The fraction of sp³-hybridized carbons (Fsp3) is 0.125. The van der Waals surface area contributed by atoms with E-state index in [9.17, 15) is 9.90 Å². The summed E-state index contributed by atoms with van der Waals surface area (Å²) in [5.74, 6) is -0.00471. The molecule has 0 bridgehead atoms. The second-order valence-corrected chi connectivity index (χ2v) is 7.91. The maximum absolute atomic E-state index is 12.4. The Balaban J connectivity index is 1.38. The van der Waals surface area contributed by atoms with Crippen molar-refractivity contribution in [3.05, 3.63) is 106 Å². The molecule has 1 aromatic heterocycles. The number of benzene rings is 3. The van der Waals surface area contributed by atoms with Gasteiger partial charge < -0.3 is 10.4 Å². The number of hydrogen-bond donors (Lipinski definition) is 2. The summed E-state index contributed by atoms with van der Waals surface area (Å²) in [5.41, 5.74) is 1.90. The van der Waals surface area contributed by atoms with Crippen molar-refractivity contribution in [2.75, 3.05) is 0 Å². The van der Waals surface area contributed by atoms with Gasteiger partial charge in [-0.25, -0.2) is 0 Å². The minimum Gasteiger partial charge on any atom is -0.383 e. The molecule has 0 fully saturated rings. The molecule has 1 unspecified atom stereocenters. The molecule has 1 heterocycles. The summed E-state index contributed by atoms with van der Waals surface area (Å²) in [5, 5.41) is 15.8. The Kier molecular flexibility index (Phi) is 5.51. The second kappa shape index (κ2) is 8.38. The molecule has 1 atom stereocenters. The van der Waals surface area contributed by atoms with Crippen LogP contribution in [0.15, 0.2) is 84.9 Å². The molecule has 4 heteroatoms. The first-order valence-corrected chi connectivity index (χ1v) is 10.1. The van der Waals surface area contributed by atoms with Gasteiger partial charge in [-0.15, -0.1) is 11.3 Å². The van der Waals surface area contributed by atoms with Crippen molar-refractivity contribution < 1.29 is 9.90 Å².